The number of nitrogens with one attached hydrogen (secondary N) is 1. The second kappa shape index (κ2) is 5.30. The normalized spacial score (nSPS) is 13.6. The first kappa shape index (κ1) is 13.0. The van der Waals surface area contributed by atoms with E-state index in [-0.39, 0.29) is 5.60 Å². The van der Waals surface area contributed by atoms with E-state index in [0.29, 0.717) is 6.04 Å². The minimum atomic E-state index is -0.0888. The van der Waals surface area contributed by atoms with Crippen LogP contribution in [-0.2, 0) is 4.74 Å². The van der Waals surface area contributed by atoms with Gasteiger partial charge in [0.1, 0.15) is 0 Å². The molecular formula is C13H22N2O. The van der Waals surface area contributed by atoms with Gasteiger partial charge in [-0.15, -0.1) is 0 Å². The van der Waals surface area contributed by atoms with Gasteiger partial charge in [0.2, 0.25) is 0 Å². The lowest BCUT2D eigenvalue weighted by Crippen LogP contribution is -2.31. The molecule has 1 unspecified atom stereocenters. The average molecular weight is 222 g/mol. The van der Waals surface area contributed by atoms with Crippen molar-refractivity contribution in [2.75, 3.05) is 12.4 Å². The molecule has 90 valence electrons. The molecule has 0 aliphatic rings. The summed E-state index contributed by atoms with van der Waals surface area (Å²) >= 11 is 0. The van der Waals surface area contributed by atoms with Gasteiger partial charge in [-0.05, 0) is 46.2 Å². The summed E-state index contributed by atoms with van der Waals surface area (Å²) < 4.78 is 5.42. The number of aryl methyl sites for hydroxylation is 1. The smallest absolute Gasteiger partial charge is 0.0642 e. The maximum Gasteiger partial charge on any atom is 0.0642 e. The van der Waals surface area contributed by atoms with Gasteiger partial charge in [-0.25, -0.2) is 0 Å². The summed E-state index contributed by atoms with van der Waals surface area (Å²) in [6.45, 7) is 8.36. The van der Waals surface area contributed by atoms with Gasteiger partial charge >= 0.3 is 0 Å². The maximum atomic E-state index is 5.42. The van der Waals surface area contributed by atoms with Crippen LogP contribution in [0.4, 0.5) is 5.69 Å². The number of hydrogen-bond donors (Lipinski definition) is 1. The van der Waals surface area contributed by atoms with Crippen LogP contribution in [-0.4, -0.2) is 23.7 Å². The van der Waals surface area contributed by atoms with Crippen molar-refractivity contribution < 1.29 is 4.74 Å². The monoisotopic (exact) mass is 222 g/mol. The molecule has 0 aliphatic carbocycles. The van der Waals surface area contributed by atoms with Gasteiger partial charge in [0.05, 0.1) is 5.60 Å². The topological polar surface area (TPSA) is 34.1 Å². The third-order valence-corrected chi connectivity index (χ3v) is 2.66. The van der Waals surface area contributed by atoms with E-state index in [0.717, 1.165) is 17.8 Å². The highest BCUT2D eigenvalue weighted by molar-refractivity contribution is 5.43. The van der Waals surface area contributed by atoms with Crippen LogP contribution in [0.5, 0.6) is 0 Å². The molecule has 0 spiro atoms. The molecule has 0 aromatic carbocycles. The molecule has 3 heteroatoms. The van der Waals surface area contributed by atoms with Crippen LogP contribution in [0.15, 0.2) is 18.3 Å². The molecule has 0 bridgehead atoms. The molecule has 0 amide bonds. The largest absolute Gasteiger partial charge is 0.382 e. The molecule has 3 nitrogen and oxygen atoms in total. The van der Waals surface area contributed by atoms with Crippen molar-refractivity contribution in [3.05, 3.63) is 24.0 Å². The van der Waals surface area contributed by atoms with E-state index in [1.165, 1.54) is 0 Å². The zero-order chi connectivity index (χ0) is 12.2. The number of anilines is 1. The number of hydrogen-bond acceptors (Lipinski definition) is 3. The number of nitrogens with zero attached hydrogens (tertiary/aromatic N) is 1. The molecule has 1 aromatic rings. The molecule has 1 N–H and O–H groups in total. The van der Waals surface area contributed by atoms with Crippen LogP contribution < -0.4 is 5.32 Å². The van der Waals surface area contributed by atoms with E-state index in [9.17, 15) is 0 Å². The molecular weight excluding hydrogens is 200 g/mol. The highest BCUT2D eigenvalue weighted by atomic mass is 16.5. The number of pyridine rings is 1. The summed E-state index contributed by atoms with van der Waals surface area (Å²) in [5, 5.41) is 3.45. The zero-order valence-electron chi connectivity index (χ0n) is 10.9. The van der Waals surface area contributed by atoms with E-state index in [1.807, 2.05) is 19.2 Å². The highest BCUT2D eigenvalue weighted by Gasteiger charge is 2.19. The second-order valence-corrected chi connectivity index (χ2v) is 4.90. The van der Waals surface area contributed by atoms with Crippen molar-refractivity contribution in [3.63, 3.8) is 0 Å². The zero-order valence-corrected chi connectivity index (χ0v) is 10.9. The van der Waals surface area contributed by atoms with Gasteiger partial charge in [-0.3, -0.25) is 4.98 Å². The summed E-state index contributed by atoms with van der Waals surface area (Å²) in [5.41, 5.74) is 2.06. The van der Waals surface area contributed by atoms with Crippen LogP contribution >= 0.6 is 0 Å². The van der Waals surface area contributed by atoms with Crippen LogP contribution in [0, 0.1) is 6.92 Å². The Bertz CT molecular complexity index is 336. The lowest BCUT2D eigenvalue weighted by molar-refractivity contribution is 0.0128. The Hall–Kier alpha value is -1.09. The SMILES string of the molecule is COC(C)(C)CC(C)Nc1ccnc(C)c1. The maximum absolute atomic E-state index is 5.42. The van der Waals surface area contributed by atoms with Gasteiger partial charge in [0.15, 0.2) is 0 Å². The van der Waals surface area contributed by atoms with Crippen LogP contribution in [0.1, 0.15) is 32.9 Å². The fraction of sp³-hybridized carbons (Fsp3) is 0.615. The fourth-order valence-electron chi connectivity index (χ4n) is 1.79. The molecule has 0 fully saturated rings. The van der Waals surface area contributed by atoms with Crippen LogP contribution in [0.2, 0.25) is 0 Å². The first-order chi connectivity index (χ1) is 7.43. The van der Waals surface area contributed by atoms with E-state index in [4.69, 9.17) is 4.74 Å². The van der Waals surface area contributed by atoms with Gasteiger partial charge in [-0.2, -0.15) is 0 Å². The van der Waals surface area contributed by atoms with Gasteiger partial charge in [0.25, 0.3) is 0 Å². The van der Waals surface area contributed by atoms with E-state index >= 15 is 0 Å². The van der Waals surface area contributed by atoms with E-state index in [1.54, 1.807) is 7.11 Å². The summed E-state index contributed by atoms with van der Waals surface area (Å²) in [6, 6.07) is 4.41. The predicted molar refractivity (Wildman–Crippen MR) is 67.8 cm³/mol. The van der Waals surface area contributed by atoms with Gasteiger partial charge in [0, 0.05) is 30.7 Å². The average Bonchev–Trinajstić information content (AvgIpc) is 2.16. The molecule has 1 atom stereocenters. The van der Waals surface area contributed by atoms with Gasteiger partial charge in [-0.1, -0.05) is 0 Å². The third-order valence-electron chi connectivity index (χ3n) is 2.66. The van der Waals surface area contributed by atoms with Gasteiger partial charge < -0.3 is 10.1 Å². The van der Waals surface area contributed by atoms with Crippen LogP contribution in [0.25, 0.3) is 0 Å². The molecule has 1 rings (SSSR count). The molecule has 0 saturated carbocycles. The summed E-state index contributed by atoms with van der Waals surface area (Å²) in [5.74, 6) is 0. The summed E-state index contributed by atoms with van der Waals surface area (Å²) in [6.07, 6.45) is 2.79. The Morgan fingerprint density at radius 3 is 2.75 bits per heavy atom. The lowest BCUT2D eigenvalue weighted by atomic mass is 10.00. The minimum absolute atomic E-state index is 0.0888. The van der Waals surface area contributed by atoms with Crippen molar-refractivity contribution in [1.82, 2.24) is 4.98 Å². The quantitative estimate of drug-likeness (QED) is 0.831. The minimum Gasteiger partial charge on any atom is -0.382 e. The Kier molecular flexibility index (Phi) is 4.30. The predicted octanol–water partition coefficient (Wildman–Crippen LogP) is 3.01. The Morgan fingerprint density at radius 2 is 2.19 bits per heavy atom. The summed E-state index contributed by atoms with van der Waals surface area (Å²) in [4.78, 5) is 4.17. The first-order valence-electron chi connectivity index (χ1n) is 5.67. The lowest BCUT2D eigenvalue weighted by Gasteiger charge is -2.27. The Labute approximate surface area is 98.2 Å². The van der Waals surface area contributed by atoms with Crippen molar-refractivity contribution in [1.29, 1.82) is 0 Å². The Morgan fingerprint density at radius 1 is 1.50 bits per heavy atom. The molecule has 0 aliphatic heterocycles. The number of aromatic nitrogens is 1. The van der Waals surface area contributed by atoms with Crippen molar-refractivity contribution in [2.24, 2.45) is 0 Å². The van der Waals surface area contributed by atoms with Crippen molar-refractivity contribution in [3.8, 4) is 0 Å². The highest BCUT2D eigenvalue weighted by Crippen LogP contribution is 2.18. The molecule has 0 saturated heterocycles. The standard InChI is InChI=1S/C13H22N2O/c1-10-8-12(6-7-14-10)15-11(2)9-13(3,4)16-5/h6-8,11H,9H2,1-5H3,(H,14,15). The summed E-state index contributed by atoms with van der Waals surface area (Å²) in [7, 11) is 1.75. The molecule has 16 heavy (non-hydrogen) atoms. The van der Waals surface area contributed by atoms with Crippen molar-refractivity contribution >= 4 is 5.69 Å². The fourth-order valence-corrected chi connectivity index (χ4v) is 1.79. The third kappa shape index (κ3) is 4.19. The molecule has 1 aromatic heterocycles. The van der Waals surface area contributed by atoms with Crippen LogP contribution in [0.3, 0.4) is 0 Å². The molecule has 1 heterocycles. The van der Waals surface area contributed by atoms with E-state index in [2.05, 4.69) is 37.1 Å². The van der Waals surface area contributed by atoms with Crippen molar-refractivity contribution in [2.45, 2.75) is 45.8 Å². The second-order valence-electron chi connectivity index (χ2n) is 4.90. The van der Waals surface area contributed by atoms with E-state index < -0.39 is 0 Å². The number of ether oxygens (including phenoxy) is 1. The Balaban J connectivity index is 2.55. The first-order valence-corrected chi connectivity index (χ1v) is 5.67. The molecule has 0 radical (unpaired) electrons. The number of rotatable bonds is 5. The number of methoxy groups -OCH3 is 1.